The van der Waals surface area contributed by atoms with Gasteiger partial charge in [-0.25, -0.2) is 9.97 Å². The average molecular weight is 430 g/mol. The maximum absolute atomic E-state index is 12.2. The maximum atomic E-state index is 12.2. The first-order chi connectivity index (χ1) is 13.5. The van der Waals surface area contributed by atoms with Crippen molar-refractivity contribution in [1.82, 2.24) is 9.97 Å². The van der Waals surface area contributed by atoms with Crippen molar-refractivity contribution in [3.63, 3.8) is 0 Å². The molecule has 1 heterocycles. The van der Waals surface area contributed by atoms with Crippen LogP contribution in [0.25, 0.3) is 0 Å². The molecule has 144 valence electrons. The van der Waals surface area contributed by atoms with E-state index in [0.717, 1.165) is 38.3 Å². The first kappa shape index (κ1) is 20.7. The van der Waals surface area contributed by atoms with Gasteiger partial charge in [-0.05, 0) is 49.7 Å². The van der Waals surface area contributed by atoms with Crippen molar-refractivity contribution in [2.24, 2.45) is 0 Å². The molecular weight excluding hydrogens is 410 g/mol. The fraction of sp³-hybridized carbons (Fsp3) is 0.190. The van der Waals surface area contributed by atoms with Crippen LogP contribution >= 0.6 is 35.1 Å². The zero-order valence-corrected chi connectivity index (χ0v) is 18.0. The second-order valence-corrected chi connectivity index (χ2v) is 8.62. The molecule has 1 amide bonds. The molecule has 0 saturated carbocycles. The van der Waals surface area contributed by atoms with Crippen LogP contribution in [0.2, 0.25) is 5.02 Å². The number of hydrogen-bond donors (Lipinski definition) is 1. The van der Waals surface area contributed by atoms with E-state index in [1.54, 1.807) is 11.8 Å². The Morgan fingerprint density at radius 1 is 1.00 bits per heavy atom. The summed E-state index contributed by atoms with van der Waals surface area (Å²) in [7, 11) is 0. The van der Waals surface area contributed by atoms with Crippen LogP contribution in [-0.4, -0.2) is 21.6 Å². The number of carbonyl (C=O) groups excluding carboxylic acids is 1. The number of benzene rings is 2. The zero-order valence-electron chi connectivity index (χ0n) is 15.6. The van der Waals surface area contributed by atoms with Crippen LogP contribution in [0.15, 0.2) is 64.8 Å². The van der Waals surface area contributed by atoms with Crippen LogP contribution in [0.5, 0.6) is 0 Å². The first-order valence-electron chi connectivity index (χ1n) is 8.70. The molecule has 4 nitrogen and oxygen atoms in total. The van der Waals surface area contributed by atoms with E-state index in [9.17, 15) is 4.79 Å². The maximum Gasteiger partial charge on any atom is 0.234 e. The molecule has 0 aliphatic heterocycles. The average Bonchev–Trinajstić information content (AvgIpc) is 2.67. The standard InChI is InChI=1S/C21H20ClN3OS2/c1-14-3-9-18(10-4-14)24-19(26)13-27-20-11-15(2)23-21(25-20)28-12-16-5-7-17(22)8-6-16/h3-11H,12-13H2,1-2H3,(H,24,26). The molecule has 0 bridgehead atoms. The molecule has 1 aromatic heterocycles. The Kier molecular flexibility index (Phi) is 7.36. The normalized spacial score (nSPS) is 10.7. The Labute approximate surface area is 178 Å². The molecule has 0 spiro atoms. The Hall–Kier alpha value is -2.02. The highest BCUT2D eigenvalue weighted by Gasteiger charge is 2.08. The lowest BCUT2D eigenvalue weighted by molar-refractivity contribution is -0.113. The smallest absolute Gasteiger partial charge is 0.234 e. The van der Waals surface area contributed by atoms with Crippen LogP contribution in [0.3, 0.4) is 0 Å². The minimum atomic E-state index is -0.0551. The Morgan fingerprint density at radius 2 is 1.71 bits per heavy atom. The quantitative estimate of drug-likeness (QED) is 0.293. The van der Waals surface area contributed by atoms with Gasteiger partial charge in [0.1, 0.15) is 5.03 Å². The minimum absolute atomic E-state index is 0.0551. The molecule has 0 aliphatic carbocycles. The van der Waals surface area contributed by atoms with E-state index in [1.165, 1.54) is 11.8 Å². The number of anilines is 1. The van der Waals surface area contributed by atoms with Crippen LogP contribution in [0, 0.1) is 13.8 Å². The summed E-state index contributed by atoms with van der Waals surface area (Å²) in [5, 5.41) is 5.13. The van der Waals surface area contributed by atoms with Gasteiger partial charge in [0, 0.05) is 22.2 Å². The number of nitrogens with zero attached hydrogens (tertiary/aromatic N) is 2. The van der Waals surface area contributed by atoms with Crippen molar-refractivity contribution in [2.75, 3.05) is 11.1 Å². The van der Waals surface area contributed by atoms with Crippen molar-refractivity contribution < 1.29 is 4.79 Å². The third-order valence-corrected chi connectivity index (χ3v) is 5.86. The molecule has 0 saturated heterocycles. The van der Waals surface area contributed by atoms with E-state index < -0.39 is 0 Å². The summed E-state index contributed by atoms with van der Waals surface area (Å²) in [4.78, 5) is 21.2. The summed E-state index contributed by atoms with van der Waals surface area (Å²) in [6, 6.07) is 17.4. The summed E-state index contributed by atoms with van der Waals surface area (Å²) in [5.74, 6) is 1.00. The number of halogens is 1. The fourth-order valence-electron chi connectivity index (χ4n) is 2.35. The van der Waals surface area contributed by atoms with Crippen molar-refractivity contribution in [1.29, 1.82) is 0 Å². The molecule has 3 rings (SSSR count). The predicted octanol–water partition coefficient (Wildman–Crippen LogP) is 5.77. The topological polar surface area (TPSA) is 54.9 Å². The number of rotatable bonds is 7. The van der Waals surface area contributed by atoms with E-state index in [2.05, 4.69) is 15.3 Å². The van der Waals surface area contributed by atoms with E-state index in [-0.39, 0.29) is 5.91 Å². The second kappa shape index (κ2) is 9.96. The second-order valence-electron chi connectivity index (χ2n) is 6.25. The van der Waals surface area contributed by atoms with Crippen LogP contribution < -0.4 is 5.32 Å². The largest absolute Gasteiger partial charge is 0.325 e. The molecule has 2 aromatic carbocycles. The minimum Gasteiger partial charge on any atom is -0.325 e. The fourth-order valence-corrected chi connectivity index (χ4v) is 4.15. The van der Waals surface area contributed by atoms with Gasteiger partial charge in [-0.1, -0.05) is 65.0 Å². The first-order valence-corrected chi connectivity index (χ1v) is 11.0. The molecule has 0 fully saturated rings. The summed E-state index contributed by atoms with van der Waals surface area (Å²) >= 11 is 8.90. The van der Waals surface area contributed by atoms with Gasteiger partial charge in [0.25, 0.3) is 0 Å². The van der Waals surface area contributed by atoms with Gasteiger partial charge in [-0.3, -0.25) is 4.79 Å². The van der Waals surface area contributed by atoms with E-state index >= 15 is 0 Å². The molecule has 0 aliphatic rings. The highest BCUT2D eigenvalue weighted by molar-refractivity contribution is 8.00. The summed E-state index contributed by atoms with van der Waals surface area (Å²) < 4.78 is 0. The third-order valence-electron chi connectivity index (χ3n) is 3.78. The van der Waals surface area contributed by atoms with E-state index in [0.29, 0.717) is 10.9 Å². The lowest BCUT2D eigenvalue weighted by Crippen LogP contribution is -2.14. The third kappa shape index (κ3) is 6.55. The van der Waals surface area contributed by atoms with Gasteiger partial charge in [0.15, 0.2) is 5.16 Å². The molecular formula is C21H20ClN3OS2. The van der Waals surface area contributed by atoms with Gasteiger partial charge in [-0.2, -0.15) is 0 Å². The lowest BCUT2D eigenvalue weighted by Gasteiger charge is -2.07. The van der Waals surface area contributed by atoms with Crippen molar-refractivity contribution in [3.05, 3.63) is 76.4 Å². The highest BCUT2D eigenvalue weighted by Crippen LogP contribution is 2.24. The number of aryl methyl sites for hydroxylation is 2. The number of carbonyl (C=O) groups is 1. The van der Waals surface area contributed by atoms with Crippen molar-refractivity contribution in [3.8, 4) is 0 Å². The number of amides is 1. The monoisotopic (exact) mass is 429 g/mol. The SMILES string of the molecule is Cc1ccc(NC(=O)CSc2cc(C)nc(SCc3ccc(Cl)cc3)n2)cc1. The van der Waals surface area contributed by atoms with E-state index in [1.807, 2.05) is 68.4 Å². The van der Waals surface area contributed by atoms with Crippen LogP contribution in [0.4, 0.5) is 5.69 Å². The molecule has 7 heteroatoms. The van der Waals surface area contributed by atoms with Crippen molar-refractivity contribution in [2.45, 2.75) is 29.8 Å². The Morgan fingerprint density at radius 3 is 2.43 bits per heavy atom. The summed E-state index contributed by atoms with van der Waals surface area (Å²) in [6.07, 6.45) is 0. The molecule has 3 aromatic rings. The number of aromatic nitrogens is 2. The van der Waals surface area contributed by atoms with Crippen molar-refractivity contribution >= 4 is 46.7 Å². The van der Waals surface area contributed by atoms with E-state index in [4.69, 9.17) is 11.6 Å². The summed E-state index contributed by atoms with van der Waals surface area (Å²) in [6.45, 7) is 3.95. The molecule has 1 N–H and O–H groups in total. The van der Waals surface area contributed by atoms with Gasteiger partial charge in [0.05, 0.1) is 5.75 Å². The molecule has 0 unspecified atom stereocenters. The number of thioether (sulfide) groups is 2. The van der Waals surface area contributed by atoms with Gasteiger partial charge < -0.3 is 5.32 Å². The predicted molar refractivity (Wildman–Crippen MR) is 118 cm³/mol. The summed E-state index contributed by atoms with van der Waals surface area (Å²) in [5.41, 5.74) is 4.00. The Balaban J connectivity index is 1.55. The highest BCUT2D eigenvalue weighted by atomic mass is 35.5. The Bertz CT molecular complexity index is 947. The molecule has 0 atom stereocenters. The van der Waals surface area contributed by atoms with Crippen LogP contribution in [-0.2, 0) is 10.5 Å². The number of hydrogen-bond acceptors (Lipinski definition) is 5. The zero-order chi connectivity index (χ0) is 19.9. The van der Waals surface area contributed by atoms with Gasteiger partial charge >= 0.3 is 0 Å². The number of nitrogens with one attached hydrogen (secondary N) is 1. The molecule has 28 heavy (non-hydrogen) atoms. The van der Waals surface area contributed by atoms with Gasteiger partial charge in [-0.15, -0.1) is 0 Å². The molecule has 0 radical (unpaired) electrons. The van der Waals surface area contributed by atoms with Crippen LogP contribution in [0.1, 0.15) is 16.8 Å². The van der Waals surface area contributed by atoms with Gasteiger partial charge in [0.2, 0.25) is 5.91 Å². The lowest BCUT2D eigenvalue weighted by atomic mass is 10.2.